The summed E-state index contributed by atoms with van der Waals surface area (Å²) in [6.07, 6.45) is 5.54. The summed E-state index contributed by atoms with van der Waals surface area (Å²) in [6.45, 7) is 6.18. The van der Waals surface area contributed by atoms with Crippen molar-refractivity contribution in [1.29, 1.82) is 0 Å². The van der Waals surface area contributed by atoms with Crippen molar-refractivity contribution in [3.8, 4) is 0 Å². The Hall–Kier alpha value is -0.380. The van der Waals surface area contributed by atoms with Gasteiger partial charge in [0.1, 0.15) is 0 Å². The summed E-state index contributed by atoms with van der Waals surface area (Å²) in [6, 6.07) is 0.322. The fraction of sp³-hybridized carbons (Fsp3) is 0.800. The number of nitrogens with two attached hydrogens (primary N) is 1. The Labute approximate surface area is 80.3 Å². The quantitative estimate of drug-likeness (QED) is 0.471. The van der Waals surface area contributed by atoms with Gasteiger partial charge in [-0.3, -0.25) is 0 Å². The van der Waals surface area contributed by atoms with E-state index in [2.05, 4.69) is 11.9 Å². The molecule has 0 aromatic heterocycles. The van der Waals surface area contributed by atoms with Crippen molar-refractivity contribution in [1.82, 2.24) is 5.32 Å². The van der Waals surface area contributed by atoms with E-state index in [4.69, 9.17) is 10.5 Å². The van der Waals surface area contributed by atoms with Crippen LogP contribution in [0.1, 0.15) is 19.3 Å². The Morgan fingerprint density at radius 3 is 3.08 bits per heavy atom. The van der Waals surface area contributed by atoms with Gasteiger partial charge in [-0.1, -0.05) is 6.08 Å². The Bertz CT molecular complexity index is 144. The number of hydrogen-bond acceptors (Lipinski definition) is 3. The zero-order chi connectivity index (χ0) is 9.52. The molecule has 0 aromatic rings. The maximum atomic E-state index is 5.67. The normalized spacial score (nSPS) is 24.5. The fourth-order valence-electron chi connectivity index (χ4n) is 1.66. The van der Waals surface area contributed by atoms with Crippen molar-refractivity contribution in [2.24, 2.45) is 5.73 Å². The van der Waals surface area contributed by atoms with Gasteiger partial charge >= 0.3 is 0 Å². The van der Waals surface area contributed by atoms with E-state index in [1.807, 2.05) is 6.08 Å². The second-order valence-corrected chi connectivity index (χ2v) is 3.43. The lowest BCUT2D eigenvalue weighted by molar-refractivity contribution is 0.0810. The first kappa shape index (κ1) is 10.7. The van der Waals surface area contributed by atoms with Crippen LogP contribution in [0, 0.1) is 0 Å². The van der Waals surface area contributed by atoms with Crippen molar-refractivity contribution in [3.05, 3.63) is 12.7 Å². The molecule has 1 rings (SSSR count). The van der Waals surface area contributed by atoms with Crippen LogP contribution >= 0.6 is 0 Å². The van der Waals surface area contributed by atoms with Crippen LogP contribution in [-0.2, 0) is 4.74 Å². The van der Waals surface area contributed by atoms with Gasteiger partial charge in [0.2, 0.25) is 0 Å². The van der Waals surface area contributed by atoms with Crippen molar-refractivity contribution in [3.63, 3.8) is 0 Å². The van der Waals surface area contributed by atoms with Crippen molar-refractivity contribution in [2.45, 2.75) is 31.4 Å². The SMILES string of the molecule is C=CCCNC(CN)C1CCCO1. The summed E-state index contributed by atoms with van der Waals surface area (Å²) in [7, 11) is 0. The van der Waals surface area contributed by atoms with Crippen molar-refractivity contribution >= 4 is 0 Å². The van der Waals surface area contributed by atoms with Crippen LogP contribution in [0.15, 0.2) is 12.7 Å². The van der Waals surface area contributed by atoms with E-state index in [0.717, 1.165) is 26.0 Å². The lowest BCUT2D eigenvalue weighted by Gasteiger charge is -2.22. The van der Waals surface area contributed by atoms with E-state index in [-0.39, 0.29) is 0 Å². The van der Waals surface area contributed by atoms with Gasteiger partial charge in [0.15, 0.2) is 0 Å². The number of ether oxygens (including phenoxy) is 1. The first-order valence-electron chi connectivity index (χ1n) is 5.04. The first-order valence-corrected chi connectivity index (χ1v) is 5.04. The number of rotatable bonds is 6. The predicted molar refractivity (Wildman–Crippen MR) is 54.6 cm³/mol. The third-order valence-electron chi connectivity index (χ3n) is 2.42. The molecule has 3 N–H and O–H groups in total. The van der Waals surface area contributed by atoms with Crippen LogP contribution in [-0.4, -0.2) is 31.8 Å². The lowest BCUT2D eigenvalue weighted by atomic mass is 10.1. The standard InChI is InChI=1S/C10H20N2O/c1-2-3-6-12-9(8-11)10-5-4-7-13-10/h2,9-10,12H,1,3-8,11H2. The van der Waals surface area contributed by atoms with E-state index in [1.54, 1.807) is 0 Å². The van der Waals surface area contributed by atoms with E-state index in [0.29, 0.717) is 18.7 Å². The van der Waals surface area contributed by atoms with Crippen LogP contribution in [0.25, 0.3) is 0 Å². The molecule has 0 aliphatic carbocycles. The maximum absolute atomic E-state index is 5.67. The monoisotopic (exact) mass is 184 g/mol. The summed E-state index contributed by atoms with van der Waals surface area (Å²) in [4.78, 5) is 0. The predicted octanol–water partition coefficient (Wildman–Crippen LogP) is 0.658. The smallest absolute Gasteiger partial charge is 0.0741 e. The van der Waals surface area contributed by atoms with E-state index < -0.39 is 0 Å². The molecule has 1 aliphatic rings. The molecule has 3 nitrogen and oxygen atoms in total. The highest BCUT2D eigenvalue weighted by Gasteiger charge is 2.23. The van der Waals surface area contributed by atoms with Crippen LogP contribution in [0.5, 0.6) is 0 Å². The molecule has 13 heavy (non-hydrogen) atoms. The molecule has 76 valence electrons. The van der Waals surface area contributed by atoms with Crippen molar-refractivity contribution in [2.75, 3.05) is 19.7 Å². The molecule has 0 spiro atoms. The molecular weight excluding hydrogens is 164 g/mol. The van der Waals surface area contributed by atoms with Gasteiger partial charge < -0.3 is 15.8 Å². The third kappa shape index (κ3) is 3.46. The highest BCUT2D eigenvalue weighted by molar-refractivity contribution is 4.82. The topological polar surface area (TPSA) is 47.3 Å². The van der Waals surface area contributed by atoms with Gasteiger partial charge in [-0.2, -0.15) is 0 Å². The van der Waals surface area contributed by atoms with E-state index in [9.17, 15) is 0 Å². The minimum Gasteiger partial charge on any atom is -0.377 e. The molecule has 0 aromatic carbocycles. The van der Waals surface area contributed by atoms with E-state index >= 15 is 0 Å². The van der Waals surface area contributed by atoms with Gasteiger partial charge in [0.05, 0.1) is 6.10 Å². The molecule has 1 saturated heterocycles. The van der Waals surface area contributed by atoms with Crippen molar-refractivity contribution < 1.29 is 4.74 Å². The molecule has 0 amide bonds. The second-order valence-electron chi connectivity index (χ2n) is 3.43. The zero-order valence-electron chi connectivity index (χ0n) is 8.17. The fourth-order valence-corrected chi connectivity index (χ4v) is 1.66. The molecular formula is C10H20N2O. The molecule has 3 heteroatoms. The molecule has 0 radical (unpaired) electrons. The lowest BCUT2D eigenvalue weighted by Crippen LogP contribution is -2.45. The van der Waals surface area contributed by atoms with E-state index in [1.165, 1.54) is 6.42 Å². The Morgan fingerprint density at radius 1 is 1.69 bits per heavy atom. The summed E-state index contributed by atoms with van der Waals surface area (Å²) < 4.78 is 5.57. The van der Waals surface area contributed by atoms with Crippen LogP contribution < -0.4 is 11.1 Å². The molecule has 2 unspecified atom stereocenters. The Morgan fingerprint density at radius 2 is 2.54 bits per heavy atom. The minimum absolute atomic E-state index is 0.322. The van der Waals surface area contributed by atoms with Crippen LogP contribution in [0.2, 0.25) is 0 Å². The van der Waals surface area contributed by atoms with Gasteiger partial charge in [0, 0.05) is 19.2 Å². The summed E-state index contributed by atoms with van der Waals surface area (Å²) in [5.41, 5.74) is 5.67. The highest BCUT2D eigenvalue weighted by Crippen LogP contribution is 2.14. The number of nitrogens with one attached hydrogen (secondary N) is 1. The van der Waals surface area contributed by atoms with Gasteiger partial charge in [0.25, 0.3) is 0 Å². The summed E-state index contributed by atoms with van der Waals surface area (Å²) in [5, 5.41) is 3.39. The first-order chi connectivity index (χ1) is 6.38. The second kappa shape index (κ2) is 6.13. The molecule has 1 fully saturated rings. The van der Waals surface area contributed by atoms with Crippen LogP contribution in [0.4, 0.5) is 0 Å². The molecule has 0 saturated carbocycles. The molecule has 2 atom stereocenters. The maximum Gasteiger partial charge on any atom is 0.0741 e. The minimum atomic E-state index is 0.322. The van der Waals surface area contributed by atoms with Gasteiger partial charge in [-0.15, -0.1) is 6.58 Å². The molecule has 0 bridgehead atoms. The van der Waals surface area contributed by atoms with Gasteiger partial charge in [-0.25, -0.2) is 0 Å². The molecule has 1 heterocycles. The molecule has 1 aliphatic heterocycles. The Kier molecular flexibility index (Phi) is 5.05. The highest BCUT2D eigenvalue weighted by atomic mass is 16.5. The van der Waals surface area contributed by atoms with Crippen LogP contribution in [0.3, 0.4) is 0 Å². The largest absolute Gasteiger partial charge is 0.377 e. The van der Waals surface area contributed by atoms with Gasteiger partial charge in [-0.05, 0) is 25.8 Å². The Balaban J connectivity index is 2.20. The zero-order valence-corrected chi connectivity index (χ0v) is 8.17. The summed E-state index contributed by atoms with van der Waals surface area (Å²) >= 11 is 0. The average molecular weight is 184 g/mol. The summed E-state index contributed by atoms with van der Waals surface area (Å²) in [5.74, 6) is 0. The number of hydrogen-bond donors (Lipinski definition) is 2. The third-order valence-corrected chi connectivity index (χ3v) is 2.42. The average Bonchev–Trinajstić information content (AvgIpc) is 2.65.